The first-order valence-corrected chi connectivity index (χ1v) is 25.5. The van der Waals surface area contributed by atoms with Gasteiger partial charge in [-0.3, -0.25) is 14.4 Å². The summed E-state index contributed by atoms with van der Waals surface area (Å²) in [6.07, 6.45) is 5.83. The number of nitrogens with one attached hydrogen (secondary N) is 1. The number of carboxylic acids is 1. The van der Waals surface area contributed by atoms with Gasteiger partial charge in [-0.25, -0.2) is 32.4 Å². The minimum Gasteiger partial charge on any atom is -0.550 e. The standard InChI is InChI=1S/C35H36F3N5O8S.C15H24Cl3NO6.Na/c1-22(52-26-17-49-33(50-18-26)7-3-2-5-24-9-8-23(16-39)13-28(24)37)35(19-43-21-41-20-42-43,27-11-10-25(36)14-29(27)38)51-32(46)6-4-12-48-34(47)30(40)15-31(44)45;1-13(2,3)24-10(20)7-9(11(21)23-8-15(16,17)18)19-12(22)25-14(4,5)6;/h2-3,5,7-11,13-14,20-22,26,30,33H,4,6,12,15,17-19,40H2,1H3,(H,44,45);9H,7-8H2,1-6H3,(H,19,22);/q;;+1/p-1/b5-2+,7-3+;;/t22-,26?,30+,33?,35-;9-;/m10./s1. The number of aromatic nitrogens is 3. The Kier molecular flexibility index (Phi) is 28.7. The van der Waals surface area contributed by atoms with Crippen LogP contribution in [0.3, 0.4) is 0 Å². The molecular weight excluding hydrogens is 1130 g/mol. The van der Waals surface area contributed by atoms with Gasteiger partial charge in [0.15, 0.2) is 11.9 Å². The number of carbonyl (C=O) groups is 6. The maximum Gasteiger partial charge on any atom is 1.00 e. The van der Waals surface area contributed by atoms with E-state index in [2.05, 4.69) is 15.4 Å². The molecule has 1 saturated heterocycles. The van der Waals surface area contributed by atoms with Gasteiger partial charge in [0.1, 0.15) is 60.0 Å². The van der Waals surface area contributed by atoms with Gasteiger partial charge in [0.2, 0.25) is 3.79 Å². The monoisotopic (exact) mass is 1180 g/mol. The van der Waals surface area contributed by atoms with Crippen LogP contribution in [-0.2, 0) is 69.3 Å². The third-order valence-corrected chi connectivity index (χ3v) is 11.7. The van der Waals surface area contributed by atoms with Gasteiger partial charge in [-0.2, -0.15) is 10.4 Å². The fraction of sp³-hybridized carbons (Fsp3) is 0.500. The van der Waals surface area contributed by atoms with Gasteiger partial charge in [-0.05, 0) is 85.2 Å². The average molecular weight is 1190 g/mol. The molecule has 4 rings (SSSR count). The first-order chi connectivity index (χ1) is 35.9. The van der Waals surface area contributed by atoms with Gasteiger partial charge in [-0.1, -0.05) is 59.1 Å². The van der Waals surface area contributed by atoms with E-state index in [4.69, 9.17) is 79.0 Å². The molecule has 20 nitrogen and oxygen atoms in total. The number of nitrogens with two attached hydrogens (primary N) is 1. The van der Waals surface area contributed by atoms with Crippen LogP contribution >= 0.6 is 46.6 Å². The molecule has 1 aliphatic heterocycles. The van der Waals surface area contributed by atoms with E-state index in [1.54, 1.807) is 66.7 Å². The number of rotatable bonds is 22. The fourth-order valence-corrected chi connectivity index (χ4v) is 8.11. The Hall–Kier alpha value is -4.94. The normalized spacial score (nSPS) is 16.6. The second kappa shape index (κ2) is 32.3. The van der Waals surface area contributed by atoms with Crippen molar-refractivity contribution in [3.63, 3.8) is 0 Å². The molecule has 78 heavy (non-hydrogen) atoms. The molecule has 0 bridgehead atoms. The maximum atomic E-state index is 15.6. The predicted octanol–water partition coefficient (Wildman–Crippen LogP) is 3.46. The maximum absolute atomic E-state index is 15.6. The van der Waals surface area contributed by atoms with Crippen molar-refractivity contribution in [3.05, 3.63) is 101 Å². The van der Waals surface area contributed by atoms with E-state index in [0.717, 1.165) is 12.1 Å². The van der Waals surface area contributed by atoms with Crippen molar-refractivity contribution >= 4 is 88.6 Å². The fourth-order valence-electron chi connectivity index (χ4n) is 6.59. The van der Waals surface area contributed by atoms with Crippen molar-refractivity contribution in [3.8, 4) is 6.07 Å². The molecule has 1 fully saturated rings. The van der Waals surface area contributed by atoms with Gasteiger partial charge in [-0.15, -0.1) is 11.8 Å². The van der Waals surface area contributed by atoms with E-state index in [0.29, 0.717) is 11.6 Å². The molecule has 2 heterocycles. The Morgan fingerprint density at radius 2 is 1.59 bits per heavy atom. The minimum atomic E-state index is -1.82. The molecule has 1 aromatic heterocycles. The summed E-state index contributed by atoms with van der Waals surface area (Å²) < 4.78 is 81.1. The number of ether oxygens (including phenoxy) is 7. The molecule has 0 saturated carbocycles. The Morgan fingerprint density at radius 3 is 2.15 bits per heavy atom. The Labute approximate surface area is 490 Å². The number of esters is 4. The van der Waals surface area contributed by atoms with Crippen LogP contribution in [0.4, 0.5) is 18.0 Å². The summed E-state index contributed by atoms with van der Waals surface area (Å²) in [5.41, 5.74) is 2.53. The van der Waals surface area contributed by atoms with Crippen molar-refractivity contribution in [1.29, 1.82) is 5.26 Å². The predicted molar refractivity (Wildman–Crippen MR) is 273 cm³/mol. The zero-order chi connectivity index (χ0) is 57.7. The molecule has 0 radical (unpaired) electrons. The minimum absolute atomic E-state index is 0. The summed E-state index contributed by atoms with van der Waals surface area (Å²) in [4.78, 5) is 75.8. The summed E-state index contributed by atoms with van der Waals surface area (Å²) in [5, 5.41) is 24.9. The van der Waals surface area contributed by atoms with E-state index >= 15 is 4.39 Å². The van der Waals surface area contributed by atoms with Gasteiger partial charge in [0.05, 0.1) is 49.7 Å². The van der Waals surface area contributed by atoms with Crippen LogP contribution < -0.4 is 45.7 Å². The Balaban J connectivity index is 0.000000676. The zero-order valence-corrected chi connectivity index (χ0v) is 49.0. The third kappa shape index (κ3) is 25.9. The van der Waals surface area contributed by atoms with Gasteiger partial charge >= 0.3 is 59.5 Å². The second-order valence-corrected chi connectivity index (χ2v) is 22.9. The number of thioether (sulfide) groups is 1. The van der Waals surface area contributed by atoms with Crippen molar-refractivity contribution in [2.75, 3.05) is 26.4 Å². The second-order valence-electron chi connectivity index (χ2n) is 18.8. The number of nitriles is 1. The van der Waals surface area contributed by atoms with Crippen LogP contribution in [-0.4, -0.2) is 121 Å². The third-order valence-electron chi connectivity index (χ3n) is 9.88. The molecule has 3 N–H and O–H groups in total. The largest absolute Gasteiger partial charge is 1.00 e. The number of carboxylic acid groups (broad SMARTS) is 1. The van der Waals surface area contributed by atoms with Crippen molar-refractivity contribution in [2.24, 2.45) is 5.73 Å². The van der Waals surface area contributed by atoms with Crippen LogP contribution in [0.15, 0.2) is 67.3 Å². The number of nitrogens with zero attached hydrogens (tertiary/aromatic N) is 4. The summed E-state index contributed by atoms with van der Waals surface area (Å²) in [7, 11) is 0. The van der Waals surface area contributed by atoms with E-state index in [9.17, 15) is 42.7 Å². The number of alkyl halides is 3. The molecule has 3 aromatic rings. The molecule has 1 amide bonds. The van der Waals surface area contributed by atoms with Crippen molar-refractivity contribution < 1.29 is 110 Å². The Bertz CT molecular complexity index is 2560. The number of halogens is 6. The average Bonchev–Trinajstić information content (AvgIpc) is 3.83. The van der Waals surface area contributed by atoms with Crippen LogP contribution in [0.5, 0.6) is 0 Å². The summed E-state index contributed by atoms with van der Waals surface area (Å²) in [6, 6.07) is 6.15. The number of amides is 1. The van der Waals surface area contributed by atoms with Crippen LogP contribution in [0.1, 0.15) is 90.8 Å². The molecule has 28 heteroatoms. The van der Waals surface area contributed by atoms with Gasteiger partial charge in [0.25, 0.3) is 0 Å². The van der Waals surface area contributed by atoms with Crippen LogP contribution in [0, 0.1) is 28.8 Å². The molecule has 422 valence electrons. The van der Waals surface area contributed by atoms with Crippen LogP contribution in [0.25, 0.3) is 6.08 Å². The molecule has 1 aliphatic rings. The quantitative estimate of drug-likeness (QED) is 0.0364. The number of aliphatic carboxylic acids is 1. The number of alkyl carbamates (subject to hydrolysis) is 1. The molecule has 0 aliphatic carbocycles. The van der Waals surface area contributed by atoms with Gasteiger partial charge < -0.3 is 54.1 Å². The van der Waals surface area contributed by atoms with E-state index in [-0.39, 0.29) is 85.1 Å². The van der Waals surface area contributed by atoms with E-state index in [1.807, 2.05) is 6.07 Å². The molecular formula is C50H59Cl3F3N6NaO14S. The smallest absolute Gasteiger partial charge is 0.550 e. The van der Waals surface area contributed by atoms with Crippen LogP contribution in [0.2, 0.25) is 0 Å². The van der Waals surface area contributed by atoms with E-state index in [1.165, 1.54) is 53.4 Å². The van der Waals surface area contributed by atoms with Crippen molar-refractivity contribution in [2.45, 2.75) is 130 Å². The molecule has 0 spiro atoms. The summed E-state index contributed by atoms with van der Waals surface area (Å²) in [6.45, 7) is 11.0. The topological polar surface area (TPSA) is 283 Å². The SMILES string of the molecule is CC(C)(C)OC(=O)C[C@H](NC(=O)OC(C)(C)C)C(=O)OCC(Cl)(Cl)Cl.C[C@@H](SC1COC(/C=C/C=C/c2ccc(C#N)cc2F)OC1)[C@@](Cn1cncn1)(OC(=O)CCCOC(=O)[C@@H](N)CC(=O)[O-])c1ccc(F)cc1F.[Na+]. The van der Waals surface area contributed by atoms with Crippen molar-refractivity contribution in [1.82, 2.24) is 20.1 Å². The zero-order valence-electron chi connectivity index (χ0n) is 43.9. The number of hydrogen-bond acceptors (Lipinski definition) is 19. The summed E-state index contributed by atoms with van der Waals surface area (Å²) in [5.74, 6) is -7.32. The number of allylic oxidation sites excluding steroid dienone is 2. The number of hydrogen-bond donors (Lipinski definition) is 2. The van der Waals surface area contributed by atoms with Gasteiger partial charge in [0, 0.05) is 41.3 Å². The molecule has 0 unspecified atom stereocenters. The van der Waals surface area contributed by atoms with E-state index < -0.39 is 117 Å². The Morgan fingerprint density at radius 1 is 0.923 bits per heavy atom. The number of carbonyl (C=O) groups excluding carboxylic acids is 6. The number of benzene rings is 2. The first-order valence-electron chi connectivity index (χ1n) is 23.4. The molecule has 2 aromatic carbocycles. The summed E-state index contributed by atoms with van der Waals surface area (Å²) >= 11 is 17.8. The molecule has 4 atom stereocenters. The first kappa shape index (κ1) is 69.2.